The van der Waals surface area contributed by atoms with Crippen molar-refractivity contribution in [2.45, 2.75) is 64.2 Å². The van der Waals surface area contributed by atoms with Gasteiger partial charge in [-0.25, -0.2) is 0 Å². The standard InChI is InChI=1S/C32H40N4/c1-7-18-35(6)32(34-33-5)31-22-29(23(3)21-30(31)28-10-9-11-28)24(4)36-19-16-27(17-20-36)26-14-12-25(8-2)13-15-26/h2,12-15,21-22,27-28H,4-5,7,9-11,16-20H2,1,3,6H3/b34-32-. The maximum atomic E-state index is 5.53. The van der Waals surface area contributed by atoms with Crippen LogP contribution in [0.2, 0.25) is 0 Å². The summed E-state index contributed by atoms with van der Waals surface area (Å²) in [6.07, 6.45) is 12.6. The van der Waals surface area contributed by atoms with E-state index in [0.717, 1.165) is 56.0 Å². The Bertz CT molecular complexity index is 1160. The third-order valence-electron chi connectivity index (χ3n) is 8.00. The molecule has 4 heteroatoms. The molecule has 1 saturated carbocycles. The van der Waals surface area contributed by atoms with Gasteiger partial charge in [0.1, 0.15) is 0 Å². The van der Waals surface area contributed by atoms with E-state index in [0.29, 0.717) is 11.8 Å². The number of aryl methyl sites for hydroxylation is 1. The minimum absolute atomic E-state index is 0.568. The van der Waals surface area contributed by atoms with E-state index in [1.807, 2.05) is 0 Å². The second-order valence-corrected chi connectivity index (χ2v) is 10.3. The fourth-order valence-electron chi connectivity index (χ4n) is 5.64. The van der Waals surface area contributed by atoms with Crippen LogP contribution in [0.3, 0.4) is 0 Å². The van der Waals surface area contributed by atoms with Crippen LogP contribution < -0.4 is 0 Å². The predicted molar refractivity (Wildman–Crippen MR) is 154 cm³/mol. The molecular formula is C32H40N4. The second-order valence-electron chi connectivity index (χ2n) is 10.3. The normalized spacial score (nSPS) is 16.8. The molecule has 0 aromatic heterocycles. The maximum absolute atomic E-state index is 5.53. The number of piperidine rings is 1. The van der Waals surface area contributed by atoms with Gasteiger partial charge in [0.2, 0.25) is 0 Å². The van der Waals surface area contributed by atoms with Crippen LogP contribution in [0.5, 0.6) is 0 Å². The Hall–Kier alpha value is -3.32. The van der Waals surface area contributed by atoms with Gasteiger partial charge in [0, 0.05) is 55.8 Å². The third-order valence-corrected chi connectivity index (χ3v) is 8.00. The van der Waals surface area contributed by atoms with Crippen LogP contribution in [0.15, 0.2) is 53.2 Å². The lowest BCUT2D eigenvalue weighted by atomic mass is 9.76. The first kappa shape index (κ1) is 25.8. The van der Waals surface area contributed by atoms with Gasteiger partial charge >= 0.3 is 0 Å². The number of terminal acetylenes is 1. The lowest BCUT2D eigenvalue weighted by Gasteiger charge is -2.36. The largest absolute Gasteiger partial charge is 0.371 e. The Balaban J connectivity index is 1.58. The molecule has 2 aromatic carbocycles. The van der Waals surface area contributed by atoms with Gasteiger partial charge in [0.15, 0.2) is 5.84 Å². The highest BCUT2D eigenvalue weighted by Crippen LogP contribution is 2.41. The highest BCUT2D eigenvalue weighted by Gasteiger charge is 2.28. The van der Waals surface area contributed by atoms with Crippen LogP contribution in [0.1, 0.15) is 90.7 Å². The number of rotatable bonds is 8. The second kappa shape index (κ2) is 11.6. The van der Waals surface area contributed by atoms with Gasteiger partial charge in [-0.05, 0) is 85.8 Å². The molecule has 36 heavy (non-hydrogen) atoms. The van der Waals surface area contributed by atoms with Crippen molar-refractivity contribution in [1.82, 2.24) is 9.80 Å². The van der Waals surface area contributed by atoms with E-state index in [4.69, 9.17) is 6.42 Å². The van der Waals surface area contributed by atoms with Crippen LogP contribution in [0.25, 0.3) is 5.70 Å². The molecule has 4 nitrogen and oxygen atoms in total. The monoisotopic (exact) mass is 480 g/mol. The van der Waals surface area contributed by atoms with E-state index < -0.39 is 0 Å². The zero-order chi connectivity index (χ0) is 25.7. The molecule has 0 unspecified atom stereocenters. The van der Waals surface area contributed by atoms with Crippen molar-refractivity contribution < 1.29 is 0 Å². The van der Waals surface area contributed by atoms with Crippen LogP contribution in [-0.4, -0.2) is 49.0 Å². The first-order chi connectivity index (χ1) is 17.5. The summed E-state index contributed by atoms with van der Waals surface area (Å²) in [6, 6.07) is 13.2. The maximum Gasteiger partial charge on any atom is 0.158 e. The number of likely N-dealkylation sites (tertiary alicyclic amines) is 1. The van der Waals surface area contributed by atoms with Gasteiger partial charge in [-0.2, -0.15) is 5.10 Å². The Morgan fingerprint density at radius 2 is 1.78 bits per heavy atom. The van der Waals surface area contributed by atoms with Crippen molar-refractivity contribution in [3.05, 3.63) is 76.4 Å². The van der Waals surface area contributed by atoms with Crippen LogP contribution in [0.4, 0.5) is 0 Å². The summed E-state index contributed by atoms with van der Waals surface area (Å²) in [7, 11) is 2.10. The van der Waals surface area contributed by atoms with Crippen LogP contribution in [0, 0.1) is 19.3 Å². The zero-order valence-corrected chi connectivity index (χ0v) is 22.3. The minimum Gasteiger partial charge on any atom is -0.371 e. The SMILES string of the molecule is C#Cc1ccc(C2CCN(C(=C)c3cc(/C(=N/N=C)N(C)CCC)c(C4CCC4)cc3C)CC2)cc1. The summed E-state index contributed by atoms with van der Waals surface area (Å²) < 4.78 is 0. The third kappa shape index (κ3) is 5.41. The molecule has 4 rings (SSSR count). The van der Waals surface area contributed by atoms with Gasteiger partial charge < -0.3 is 9.80 Å². The Labute approximate surface area is 217 Å². The summed E-state index contributed by atoms with van der Waals surface area (Å²) in [5.74, 6) is 4.80. The molecule has 0 bridgehead atoms. The summed E-state index contributed by atoms with van der Waals surface area (Å²) >= 11 is 0. The first-order valence-electron chi connectivity index (χ1n) is 13.4. The van der Waals surface area contributed by atoms with Crippen molar-refractivity contribution in [3.63, 3.8) is 0 Å². The van der Waals surface area contributed by atoms with Crippen molar-refractivity contribution in [1.29, 1.82) is 0 Å². The number of hydrogen-bond acceptors (Lipinski definition) is 3. The van der Waals surface area contributed by atoms with E-state index >= 15 is 0 Å². The Morgan fingerprint density at radius 3 is 2.33 bits per heavy atom. The Morgan fingerprint density at radius 1 is 1.08 bits per heavy atom. The molecule has 0 N–H and O–H groups in total. The molecule has 2 aliphatic rings. The van der Waals surface area contributed by atoms with Gasteiger partial charge in [0.05, 0.1) is 0 Å². The van der Waals surface area contributed by atoms with Crippen LogP contribution in [-0.2, 0) is 0 Å². The van der Waals surface area contributed by atoms with Gasteiger partial charge in [0.25, 0.3) is 0 Å². The molecule has 1 saturated heterocycles. The van der Waals surface area contributed by atoms with Crippen molar-refractivity contribution in [2.75, 3.05) is 26.7 Å². The molecule has 0 atom stereocenters. The summed E-state index contributed by atoms with van der Waals surface area (Å²) in [6.45, 7) is 15.6. The van der Waals surface area contributed by atoms with E-state index in [1.54, 1.807) is 0 Å². The average molecular weight is 481 g/mol. The topological polar surface area (TPSA) is 31.2 Å². The highest BCUT2D eigenvalue weighted by atomic mass is 15.3. The lowest BCUT2D eigenvalue weighted by molar-refractivity contribution is 0.299. The lowest BCUT2D eigenvalue weighted by Crippen LogP contribution is -2.32. The van der Waals surface area contributed by atoms with Gasteiger partial charge in [-0.3, -0.25) is 0 Å². The first-order valence-corrected chi connectivity index (χ1v) is 13.4. The zero-order valence-electron chi connectivity index (χ0n) is 22.3. The minimum atomic E-state index is 0.568. The summed E-state index contributed by atoms with van der Waals surface area (Å²) in [5, 5.41) is 8.46. The molecule has 188 valence electrons. The van der Waals surface area contributed by atoms with Crippen molar-refractivity contribution in [2.24, 2.45) is 10.2 Å². The summed E-state index contributed by atoms with van der Waals surface area (Å²) in [4.78, 5) is 4.67. The van der Waals surface area contributed by atoms with Crippen molar-refractivity contribution >= 4 is 18.3 Å². The van der Waals surface area contributed by atoms with E-state index in [2.05, 4.69) is 96.5 Å². The van der Waals surface area contributed by atoms with Gasteiger partial charge in [-0.1, -0.05) is 44.0 Å². The van der Waals surface area contributed by atoms with Crippen molar-refractivity contribution in [3.8, 4) is 12.3 Å². The summed E-state index contributed by atoms with van der Waals surface area (Å²) in [5.41, 5.74) is 8.54. The molecule has 2 aromatic rings. The molecule has 1 heterocycles. The number of amidine groups is 1. The molecule has 0 spiro atoms. The fraction of sp³-hybridized carbons (Fsp3) is 0.438. The predicted octanol–water partition coefficient (Wildman–Crippen LogP) is 6.80. The molecular weight excluding hydrogens is 440 g/mol. The quantitative estimate of drug-likeness (QED) is 0.180. The average Bonchev–Trinajstić information content (AvgIpc) is 2.86. The Kier molecular flexibility index (Phi) is 8.31. The molecule has 0 amide bonds. The number of nitrogens with zero attached hydrogens (tertiary/aromatic N) is 4. The fourth-order valence-corrected chi connectivity index (χ4v) is 5.64. The van der Waals surface area contributed by atoms with E-state index in [9.17, 15) is 0 Å². The molecule has 1 aliphatic carbocycles. The highest BCUT2D eigenvalue weighted by molar-refractivity contribution is 6.01. The molecule has 1 aliphatic heterocycles. The van der Waals surface area contributed by atoms with Crippen LogP contribution >= 0.6 is 0 Å². The molecule has 0 radical (unpaired) electrons. The van der Waals surface area contributed by atoms with Gasteiger partial charge in [-0.15, -0.1) is 11.5 Å². The number of benzene rings is 2. The molecule has 2 fully saturated rings. The smallest absolute Gasteiger partial charge is 0.158 e. The van der Waals surface area contributed by atoms with E-state index in [-0.39, 0.29) is 0 Å². The van der Waals surface area contributed by atoms with E-state index in [1.165, 1.54) is 47.1 Å². The number of hydrogen-bond donors (Lipinski definition) is 0.